The number of aromatic nitrogens is 2. The molecule has 0 bridgehead atoms. The molecule has 0 radical (unpaired) electrons. The molecule has 5 nitrogen and oxygen atoms in total. The minimum Gasteiger partial charge on any atom is -0.338 e. The second-order valence-electron chi connectivity index (χ2n) is 4.15. The number of nitrogens with zero attached hydrogens (tertiary/aromatic N) is 3. The molecule has 1 amide bonds. The Kier molecular flexibility index (Phi) is 4.76. The maximum absolute atomic E-state index is 12.2. The van der Waals surface area contributed by atoms with Crippen molar-refractivity contribution in [2.24, 2.45) is 0 Å². The molecular weight excluding hydrogens is 355 g/mol. The number of hydrogen-bond donors (Lipinski definition) is 1. The van der Waals surface area contributed by atoms with Crippen molar-refractivity contribution >= 4 is 34.1 Å². The highest BCUT2D eigenvalue weighted by atomic mass is 127. The van der Waals surface area contributed by atoms with E-state index in [0.717, 1.165) is 22.4 Å². The molecule has 2 aromatic heterocycles. The standard InChI is InChI=1S/C13H17IN4O/c1-3-17(4-2)9-15-13(19)11-12(14)18-8-6-5-7-10(18)16-11/h5-8H,3-4,9H2,1-2H3,(H,15,19). The predicted octanol–water partition coefficient (Wildman–Crippen LogP) is 1.97. The Labute approximate surface area is 126 Å². The first-order chi connectivity index (χ1) is 9.17. The fourth-order valence-corrected chi connectivity index (χ4v) is 2.60. The first-order valence-corrected chi connectivity index (χ1v) is 7.38. The smallest absolute Gasteiger partial charge is 0.273 e. The van der Waals surface area contributed by atoms with E-state index in [2.05, 4.69) is 51.6 Å². The summed E-state index contributed by atoms with van der Waals surface area (Å²) in [4.78, 5) is 18.7. The molecule has 0 aliphatic heterocycles. The van der Waals surface area contributed by atoms with Crippen LogP contribution in [0.15, 0.2) is 24.4 Å². The topological polar surface area (TPSA) is 49.6 Å². The number of imidazole rings is 1. The molecule has 102 valence electrons. The number of amides is 1. The third kappa shape index (κ3) is 3.06. The van der Waals surface area contributed by atoms with Gasteiger partial charge < -0.3 is 5.32 Å². The molecule has 1 N–H and O–H groups in total. The number of halogens is 1. The van der Waals surface area contributed by atoms with Crippen LogP contribution in [0.3, 0.4) is 0 Å². The van der Waals surface area contributed by atoms with Gasteiger partial charge in [-0.25, -0.2) is 4.98 Å². The van der Waals surface area contributed by atoms with Gasteiger partial charge in [0.05, 0.1) is 6.67 Å². The van der Waals surface area contributed by atoms with Gasteiger partial charge in [-0.15, -0.1) is 0 Å². The van der Waals surface area contributed by atoms with Gasteiger partial charge in [-0.2, -0.15) is 0 Å². The minimum absolute atomic E-state index is 0.125. The zero-order valence-corrected chi connectivity index (χ0v) is 13.2. The van der Waals surface area contributed by atoms with Gasteiger partial charge in [0.1, 0.15) is 9.35 Å². The Morgan fingerprint density at radius 1 is 1.42 bits per heavy atom. The van der Waals surface area contributed by atoms with Crippen molar-refractivity contribution in [3.63, 3.8) is 0 Å². The molecule has 6 heteroatoms. The van der Waals surface area contributed by atoms with Crippen LogP contribution >= 0.6 is 22.6 Å². The van der Waals surface area contributed by atoms with Crippen LogP contribution in [-0.2, 0) is 0 Å². The molecule has 0 saturated carbocycles. The average Bonchev–Trinajstić information content (AvgIpc) is 2.78. The maximum Gasteiger partial charge on any atom is 0.273 e. The van der Waals surface area contributed by atoms with Gasteiger partial charge >= 0.3 is 0 Å². The number of carbonyl (C=O) groups is 1. The van der Waals surface area contributed by atoms with Crippen molar-refractivity contribution in [2.45, 2.75) is 13.8 Å². The van der Waals surface area contributed by atoms with Gasteiger partial charge in [0, 0.05) is 6.20 Å². The monoisotopic (exact) mass is 372 g/mol. The molecule has 2 aromatic rings. The Morgan fingerprint density at radius 3 is 2.79 bits per heavy atom. The van der Waals surface area contributed by atoms with Crippen LogP contribution in [0.25, 0.3) is 5.65 Å². The van der Waals surface area contributed by atoms with Crippen LogP contribution in [0, 0.1) is 3.70 Å². The lowest BCUT2D eigenvalue weighted by atomic mass is 10.4. The molecule has 0 fully saturated rings. The van der Waals surface area contributed by atoms with Crippen molar-refractivity contribution < 1.29 is 4.79 Å². The fraction of sp³-hybridized carbons (Fsp3) is 0.385. The van der Waals surface area contributed by atoms with Gasteiger partial charge in [-0.3, -0.25) is 14.1 Å². The lowest BCUT2D eigenvalue weighted by molar-refractivity contribution is 0.0920. The third-order valence-electron chi connectivity index (χ3n) is 3.04. The summed E-state index contributed by atoms with van der Waals surface area (Å²) in [6, 6.07) is 5.73. The summed E-state index contributed by atoms with van der Waals surface area (Å²) >= 11 is 2.15. The van der Waals surface area contributed by atoms with Gasteiger partial charge in [-0.05, 0) is 47.8 Å². The SMILES string of the molecule is CCN(CC)CNC(=O)c1nc2ccccn2c1I. The van der Waals surface area contributed by atoms with E-state index >= 15 is 0 Å². The van der Waals surface area contributed by atoms with Crippen molar-refractivity contribution in [1.82, 2.24) is 19.6 Å². The molecule has 0 spiro atoms. The molecular formula is C13H17IN4O. The van der Waals surface area contributed by atoms with Crippen molar-refractivity contribution in [2.75, 3.05) is 19.8 Å². The Bertz CT molecular complexity index is 577. The number of nitrogens with one attached hydrogen (secondary N) is 1. The summed E-state index contributed by atoms with van der Waals surface area (Å²) < 4.78 is 2.75. The van der Waals surface area contributed by atoms with Crippen LogP contribution in [0.5, 0.6) is 0 Å². The van der Waals surface area contributed by atoms with E-state index in [0.29, 0.717) is 12.4 Å². The lowest BCUT2D eigenvalue weighted by Gasteiger charge is -2.17. The summed E-state index contributed by atoms with van der Waals surface area (Å²) in [5.74, 6) is -0.125. The first-order valence-electron chi connectivity index (χ1n) is 6.30. The normalized spacial score (nSPS) is 11.2. The first kappa shape index (κ1) is 14.3. The molecule has 0 aliphatic carbocycles. The molecule has 2 heterocycles. The Balaban J connectivity index is 2.15. The highest BCUT2D eigenvalue weighted by Crippen LogP contribution is 2.14. The molecule has 0 unspecified atom stereocenters. The van der Waals surface area contributed by atoms with Gasteiger partial charge in [0.25, 0.3) is 5.91 Å². The van der Waals surface area contributed by atoms with Crippen LogP contribution in [0.1, 0.15) is 24.3 Å². The number of pyridine rings is 1. The molecule has 0 aromatic carbocycles. The summed E-state index contributed by atoms with van der Waals surface area (Å²) in [6.45, 7) is 6.53. The minimum atomic E-state index is -0.125. The second-order valence-corrected chi connectivity index (χ2v) is 5.17. The third-order valence-corrected chi connectivity index (χ3v) is 4.08. The van der Waals surface area contributed by atoms with Crippen molar-refractivity contribution in [3.8, 4) is 0 Å². The quantitative estimate of drug-likeness (QED) is 0.645. The summed E-state index contributed by atoms with van der Waals surface area (Å²) in [7, 11) is 0. The molecule has 0 atom stereocenters. The largest absolute Gasteiger partial charge is 0.338 e. The lowest BCUT2D eigenvalue weighted by Crippen LogP contribution is -2.37. The van der Waals surface area contributed by atoms with Crippen LogP contribution < -0.4 is 5.32 Å². The average molecular weight is 372 g/mol. The second kappa shape index (κ2) is 6.33. The van der Waals surface area contributed by atoms with Crippen LogP contribution in [0.2, 0.25) is 0 Å². The maximum atomic E-state index is 12.2. The van der Waals surface area contributed by atoms with E-state index in [4.69, 9.17) is 0 Å². The molecule has 2 rings (SSSR count). The van der Waals surface area contributed by atoms with E-state index in [1.165, 1.54) is 0 Å². The zero-order chi connectivity index (χ0) is 13.8. The highest BCUT2D eigenvalue weighted by Gasteiger charge is 2.16. The Morgan fingerprint density at radius 2 is 2.16 bits per heavy atom. The van der Waals surface area contributed by atoms with Crippen molar-refractivity contribution in [1.29, 1.82) is 0 Å². The fourth-order valence-electron chi connectivity index (χ4n) is 1.82. The highest BCUT2D eigenvalue weighted by molar-refractivity contribution is 14.1. The molecule has 0 aliphatic rings. The van der Waals surface area contributed by atoms with E-state index in [9.17, 15) is 4.79 Å². The van der Waals surface area contributed by atoms with E-state index in [-0.39, 0.29) is 5.91 Å². The molecule has 0 saturated heterocycles. The molecule has 19 heavy (non-hydrogen) atoms. The van der Waals surface area contributed by atoms with E-state index in [1.807, 2.05) is 28.8 Å². The van der Waals surface area contributed by atoms with Crippen molar-refractivity contribution in [3.05, 3.63) is 33.8 Å². The zero-order valence-electron chi connectivity index (χ0n) is 11.1. The van der Waals surface area contributed by atoms with E-state index < -0.39 is 0 Å². The number of fused-ring (bicyclic) bond motifs is 1. The summed E-state index contributed by atoms with van der Waals surface area (Å²) in [5.41, 5.74) is 1.28. The van der Waals surface area contributed by atoms with Crippen LogP contribution in [-0.4, -0.2) is 39.9 Å². The van der Waals surface area contributed by atoms with Gasteiger partial charge in [0.2, 0.25) is 0 Å². The van der Waals surface area contributed by atoms with Gasteiger partial charge in [0.15, 0.2) is 5.69 Å². The van der Waals surface area contributed by atoms with E-state index in [1.54, 1.807) is 0 Å². The number of carbonyl (C=O) groups excluding carboxylic acids is 1. The summed E-state index contributed by atoms with van der Waals surface area (Å²) in [5, 5.41) is 2.91. The predicted molar refractivity (Wildman–Crippen MR) is 83.2 cm³/mol. The van der Waals surface area contributed by atoms with Crippen LogP contribution in [0.4, 0.5) is 0 Å². The summed E-state index contributed by atoms with van der Waals surface area (Å²) in [6.07, 6.45) is 1.91. The number of rotatable bonds is 5. The van der Waals surface area contributed by atoms with Gasteiger partial charge in [-0.1, -0.05) is 19.9 Å². The Hall–Kier alpha value is -1.15. The number of hydrogen-bond acceptors (Lipinski definition) is 3.